The zero-order valence-corrected chi connectivity index (χ0v) is 20.4. The van der Waals surface area contributed by atoms with Gasteiger partial charge in [-0.15, -0.1) is 0 Å². The molecule has 4 rings (SSSR count). The van der Waals surface area contributed by atoms with E-state index in [9.17, 15) is 14.9 Å². The van der Waals surface area contributed by atoms with E-state index in [1.54, 1.807) is 18.2 Å². The maximum atomic E-state index is 12.6. The van der Waals surface area contributed by atoms with Crippen molar-refractivity contribution in [2.45, 2.75) is 26.2 Å². The number of anilines is 1. The summed E-state index contributed by atoms with van der Waals surface area (Å²) in [6.07, 6.45) is 1.04. The normalized spacial score (nSPS) is 11.7. The number of nitrogens with one attached hydrogen (secondary N) is 2. The highest BCUT2D eigenvalue weighted by Gasteiger charge is 2.17. The summed E-state index contributed by atoms with van der Waals surface area (Å²) in [6.45, 7) is 4.32. The summed E-state index contributed by atoms with van der Waals surface area (Å²) < 4.78 is 5.94. The summed E-state index contributed by atoms with van der Waals surface area (Å²) in [5.74, 6) is 0.229. The third-order valence-electron chi connectivity index (χ3n) is 5.59. The van der Waals surface area contributed by atoms with Crippen LogP contribution in [0.2, 0.25) is 5.02 Å². The zero-order chi connectivity index (χ0) is 25.1. The maximum absolute atomic E-state index is 12.6. The van der Waals surface area contributed by atoms with Gasteiger partial charge in [0, 0.05) is 23.4 Å². The molecule has 0 spiro atoms. The minimum absolute atomic E-state index is 0.00508. The van der Waals surface area contributed by atoms with Crippen molar-refractivity contribution in [2.24, 2.45) is 0 Å². The lowest BCUT2D eigenvalue weighted by molar-refractivity contribution is -0.384. The maximum Gasteiger partial charge on any atom is 0.270 e. The van der Waals surface area contributed by atoms with Crippen LogP contribution in [-0.4, -0.2) is 20.9 Å². The molecule has 0 aliphatic heterocycles. The van der Waals surface area contributed by atoms with Crippen LogP contribution in [0.5, 0.6) is 0 Å². The molecule has 1 aromatic heterocycles. The van der Waals surface area contributed by atoms with Crippen molar-refractivity contribution in [2.75, 3.05) is 5.32 Å². The van der Waals surface area contributed by atoms with Crippen LogP contribution in [0, 0.1) is 10.1 Å². The number of carbonyl (C=O) groups is 1. The fourth-order valence-corrected chi connectivity index (χ4v) is 3.89. The standard InChI is InChI=1S/C25H21ClN4O4S/c1-3-14(2)15-7-10-22-21(12-15)28-24(34-22)16-5-4-6-17(11-16)27-25(35)29-23(31)19-13-18(30(32)33)8-9-20(19)26/h4-14H,3H2,1-2H3,(H2,27,29,31,35)/t14-/m0/s1. The number of non-ortho nitro benzene ring substituents is 1. The Bertz CT molecular complexity index is 1450. The lowest BCUT2D eigenvalue weighted by atomic mass is 9.98. The first kappa shape index (κ1) is 24.3. The van der Waals surface area contributed by atoms with Gasteiger partial charge in [0.2, 0.25) is 5.89 Å². The van der Waals surface area contributed by atoms with E-state index in [2.05, 4.69) is 35.5 Å². The molecule has 0 aliphatic carbocycles. The Morgan fingerprint density at radius 1 is 1.20 bits per heavy atom. The lowest BCUT2D eigenvalue weighted by Gasteiger charge is -2.11. The van der Waals surface area contributed by atoms with Gasteiger partial charge in [-0.05, 0) is 66.5 Å². The number of rotatable bonds is 6. The van der Waals surface area contributed by atoms with Crippen molar-refractivity contribution in [1.82, 2.24) is 10.3 Å². The number of halogens is 1. The first-order chi connectivity index (χ1) is 16.7. The first-order valence-electron chi connectivity index (χ1n) is 10.8. The summed E-state index contributed by atoms with van der Waals surface area (Å²) in [6, 6.07) is 16.9. The second-order valence-corrected chi connectivity index (χ2v) is 8.78. The molecule has 1 amide bonds. The number of fused-ring (bicyclic) bond motifs is 1. The molecule has 178 valence electrons. The van der Waals surface area contributed by atoms with Crippen molar-refractivity contribution in [3.8, 4) is 11.5 Å². The van der Waals surface area contributed by atoms with Gasteiger partial charge in [0.05, 0.1) is 15.5 Å². The number of aromatic nitrogens is 1. The van der Waals surface area contributed by atoms with Gasteiger partial charge in [-0.25, -0.2) is 4.98 Å². The Morgan fingerprint density at radius 3 is 2.74 bits per heavy atom. The van der Waals surface area contributed by atoms with E-state index >= 15 is 0 Å². The largest absolute Gasteiger partial charge is 0.436 e. The molecule has 4 aromatic rings. The van der Waals surface area contributed by atoms with E-state index in [0.29, 0.717) is 23.1 Å². The number of nitro benzene ring substituents is 1. The molecule has 10 heteroatoms. The molecule has 1 heterocycles. The van der Waals surface area contributed by atoms with Crippen LogP contribution in [0.3, 0.4) is 0 Å². The number of amides is 1. The number of thiocarbonyl (C=S) groups is 1. The van der Waals surface area contributed by atoms with Gasteiger partial charge in [0.1, 0.15) is 5.52 Å². The van der Waals surface area contributed by atoms with E-state index < -0.39 is 10.8 Å². The van der Waals surface area contributed by atoms with Crippen molar-refractivity contribution < 1.29 is 14.1 Å². The van der Waals surface area contributed by atoms with Gasteiger partial charge in [0.25, 0.3) is 11.6 Å². The minimum atomic E-state index is -0.664. The summed E-state index contributed by atoms with van der Waals surface area (Å²) in [4.78, 5) is 27.6. The molecule has 2 N–H and O–H groups in total. The van der Waals surface area contributed by atoms with E-state index in [1.165, 1.54) is 17.7 Å². The Hall–Kier alpha value is -3.82. The lowest BCUT2D eigenvalue weighted by Crippen LogP contribution is -2.34. The molecule has 0 bridgehead atoms. The van der Waals surface area contributed by atoms with Crippen LogP contribution in [-0.2, 0) is 0 Å². The zero-order valence-electron chi connectivity index (χ0n) is 18.9. The predicted octanol–water partition coefficient (Wildman–Crippen LogP) is 6.70. The molecule has 0 radical (unpaired) electrons. The number of nitro groups is 1. The number of hydrogen-bond acceptors (Lipinski definition) is 6. The fraction of sp³-hybridized carbons (Fsp3) is 0.160. The van der Waals surface area contributed by atoms with Gasteiger partial charge in [-0.1, -0.05) is 37.6 Å². The van der Waals surface area contributed by atoms with E-state index in [4.69, 9.17) is 28.2 Å². The molecule has 0 unspecified atom stereocenters. The smallest absolute Gasteiger partial charge is 0.270 e. The number of nitrogens with zero attached hydrogens (tertiary/aromatic N) is 2. The van der Waals surface area contributed by atoms with Crippen LogP contribution in [0.15, 0.2) is 65.1 Å². The van der Waals surface area contributed by atoms with E-state index in [1.807, 2.05) is 18.2 Å². The van der Waals surface area contributed by atoms with Gasteiger partial charge >= 0.3 is 0 Å². The highest BCUT2D eigenvalue weighted by molar-refractivity contribution is 7.80. The predicted molar refractivity (Wildman–Crippen MR) is 140 cm³/mol. The van der Waals surface area contributed by atoms with Crippen LogP contribution in [0.25, 0.3) is 22.6 Å². The summed E-state index contributed by atoms with van der Waals surface area (Å²) in [5.41, 5.74) is 3.71. The van der Waals surface area contributed by atoms with Crippen LogP contribution in [0.1, 0.15) is 42.1 Å². The van der Waals surface area contributed by atoms with Crippen molar-refractivity contribution in [3.05, 3.63) is 86.9 Å². The second kappa shape index (κ2) is 10.2. The van der Waals surface area contributed by atoms with Crippen LogP contribution in [0.4, 0.5) is 11.4 Å². The number of oxazole rings is 1. The molecule has 0 saturated heterocycles. The topological polar surface area (TPSA) is 110 Å². The van der Waals surface area contributed by atoms with E-state index in [0.717, 1.165) is 23.6 Å². The molecule has 35 heavy (non-hydrogen) atoms. The van der Waals surface area contributed by atoms with Gasteiger partial charge in [-0.2, -0.15) is 0 Å². The van der Waals surface area contributed by atoms with Gasteiger partial charge < -0.3 is 9.73 Å². The average Bonchev–Trinajstić information content (AvgIpc) is 3.27. The van der Waals surface area contributed by atoms with Crippen LogP contribution < -0.4 is 10.6 Å². The summed E-state index contributed by atoms with van der Waals surface area (Å²) >= 11 is 11.3. The van der Waals surface area contributed by atoms with Crippen molar-refractivity contribution in [3.63, 3.8) is 0 Å². The van der Waals surface area contributed by atoms with Crippen LogP contribution >= 0.6 is 23.8 Å². The molecule has 0 fully saturated rings. The molecule has 8 nitrogen and oxygen atoms in total. The average molecular weight is 509 g/mol. The molecule has 3 aromatic carbocycles. The number of benzene rings is 3. The number of hydrogen-bond donors (Lipinski definition) is 2. The number of carbonyl (C=O) groups excluding carboxylic acids is 1. The molecular formula is C25H21ClN4O4S. The van der Waals surface area contributed by atoms with E-state index in [-0.39, 0.29) is 21.4 Å². The minimum Gasteiger partial charge on any atom is -0.436 e. The first-order valence-corrected chi connectivity index (χ1v) is 11.6. The van der Waals surface area contributed by atoms with Gasteiger partial charge in [0.15, 0.2) is 10.7 Å². The third-order valence-corrected chi connectivity index (χ3v) is 6.13. The van der Waals surface area contributed by atoms with Crippen molar-refractivity contribution >= 4 is 57.3 Å². The summed E-state index contributed by atoms with van der Waals surface area (Å²) in [5, 5.41) is 16.5. The van der Waals surface area contributed by atoms with Crippen molar-refractivity contribution in [1.29, 1.82) is 0 Å². The molecule has 1 atom stereocenters. The van der Waals surface area contributed by atoms with Gasteiger partial charge in [-0.3, -0.25) is 20.2 Å². The highest BCUT2D eigenvalue weighted by Crippen LogP contribution is 2.29. The second-order valence-electron chi connectivity index (χ2n) is 7.97. The highest BCUT2D eigenvalue weighted by atomic mass is 35.5. The quantitative estimate of drug-likeness (QED) is 0.169. The molecule has 0 aliphatic rings. The third kappa shape index (κ3) is 5.47. The monoisotopic (exact) mass is 508 g/mol. The summed E-state index contributed by atoms with van der Waals surface area (Å²) in [7, 11) is 0. The SMILES string of the molecule is CC[C@H](C)c1ccc2oc(-c3cccc(NC(=S)NC(=O)c4cc([N+](=O)[O-])ccc4Cl)c3)nc2c1. The fourth-order valence-electron chi connectivity index (χ4n) is 3.47. The Kier molecular flexibility index (Phi) is 7.09. The Balaban J connectivity index is 1.50. The molecule has 0 saturated carbocycles. The Morgan fingerprint density at radius 2 is 2.00 bits per heavy atom. The molecular weight excluding hydrogens is 488 g/mol. The Labute approximate surface area is 211 Å².